The molecule has 0 aliphatic heterocycles. The van der Waals surface area contributed by atoms with Gasteiger partial charge in [0.2, 0.25) is 0 Å². The van der Waals surface area contributed by atoms with E-state index >= 15 is 0 Å². The fraction of sp³-hybridized carbons (Fsp3) is 0.136. The number of carbonyl (C=O) groups excluding carboxylic acids is 1. The zero-order valence-corrected chi connectivity index (χ0v) is 18.9. The molecule has 2 heterocycles. The minimum Gasteiger partial charge on any atom is -0.489 e. The lowest BCUT2D eigenvalue weighted by Gasteiger charge is -2.09. The molecule has 0 saturated carbocycles. The zero-order valence-electron chi connectivity index (χ0n) is 16.5. The molecule has 0 spiro atoms. The number of carbonyl (C=O) groups is 1. The maximum absolute atomic E-state index is 12.9. The first-order valence-electron chi connectivity index (χ1n) is 9.40. The quantitative estimate of drug-likeness (QED) is 0.363. The monoisotopic (exact) mass is 500 g/mol. The van der Waals surface area contributed by atoms with Crippen molar-refractivity contribution in [3.05, 3.63) is 93.0 Å². The summed E-state index contributed by atoms with van der Waals surface area (Å²) in [5.74, 6) is 0.739. The van der Waals surface area contributed by atoms with Crippen molar-refractivity contribution in [3.63, 3.8) is 0 Å². The van der Waals surface area contributed by atoms with Crippen LogP contribution in [0.4, 0.5) is 5.69 Å². The summed E-state index contributed by atoms with van der Waals surface area (Å²) in [6, 6.07) is 14.6. The van der Waals surface area contributed by atoms with Crippen LogP contribution in [0.5, 0.6) is 5.75 Å². The standard InChI is InChI=1S/C22H18BrClN4O3/c1-14-20(13-30-19-7-3-5-17(24)9-19)21(27-31-14)22(29)26-18-6-2-4-15(8-18)11-28-12-16(23)10-25-28/h2-10,12H,11,13H2,1H3,(H,26,29). The van der Waals surface area contributed by atoms with E-state index < -0.39 is 0 Å². The van der Waals surface area contributed by atoms with Gasteiger partial charge in [0.15, 0.2) is 5.69 Å². The summed E-state index contributed by atoms with van der Waals surface area (Å²) in [5.41, 5.74) is 2.40. The summed E-state index contributed by atoms with van der Waals surface area (Å²) >= 11 is 9.38. The smallest absolute Gasteiger partial charge is 0.278 e. The van der Waals surface area contributed by atoms with Crippen molar-refractivity contribution in [3.8, 4) is 5.75 Å². The molecular formula is C22H18BrClN4O3. The van der Waals surface area contributed by atoms with Gasteiger partial charge in [-0.15, -0.1) is 0 Å². The van der Waals surface area contributed by atoms with Gasteiger partial charge in [-0.2, -0.15) is 5.10 Å². The number of nitrogens with zero attached hydrogens (tertiary/aromatic N) is 3. The highest BCUT2D eigenvalue weighted by atomic mass is 79.9. The molecule has 0 aliphatic rings. The Hall–Kier alpha value is -3.10. The van der Waals surface area contributed by atoms with Crippen LogP contribution in [0.15, 0.2) is 69.9 Å². The number of aryl methyl sites for hydroxylation is 1. The van der Waals surface area contributed by atoms with E-state index in [0.29, 0.717) is 34.3 Å². The zero-order chi connectivity index (χ0) is 21.8. The van der Waals surface area contributed by atoms with Crippen molar-refractivity contribution in [1.82, 2.24) is 14.9 Å². The molecule has 0 saturated heterocycles. The van der Waals surface area contributed by atoms with Crippen LogP contribution < -0.4 is 10.1 Å². The topological polar surface area (TPSA) is 82.2 Å². The molecule has 4 rings (SSSR count). The highest BCUT2D eigenvalue weighted by molar-refractivity contribution is 9.10. The molecule has 0 atom stereocenters. The Balaban J connectivity index is 1.46. The van der Waals surface area contributed by atoms with Crippen LogP contribution in [0.3, 0.4) is 0 Å². The maximum Gasteiger partial charge on any atom is 0.278 e. The van der Waals surface area contributed by atoms with Gasteiger partial charge in [-0.05, 0) is 58.7 Å². The lowest BCUT2D eigenvalue weighted by atomic mass is 10.1. The van der Waals surface area contributed by atoms with Crippen molar-refractivity contribution >= 4 is 39.1 Å². The molecule has 0 radical (unpaired) electrons. The molecule has 4 aromatic rings. The van der Waals surface area contributed by atoms with E-state index in [4.69, 9.17) is 20.9 Å². The third kappa shape index (κ3) is 5.34. The summed E-state index contributed by atoms with van der Waals surface area (Å²) in [6.45, 7) is 2.45. The van der Waals surface area contributed by atoms with Gasteiger partial charge >= 0.3 is 0 Å². The predicted molar refractivity (Wildman–Crippen MR) is 120 cm³/mol. The number of aromatic nitrogens is 3. The first kappa shape index (κ1) is 21.1. The molecule has 1 amide bonds. The number of hydrogen-bond donors (Lipinski definition) is 1. The van der Waals surface area contributed by atoms with Gasteiger partial charge in [0.25, 0.3) is 5.91 Å². The van der Waals surface area contributed by atoms with E-state index in [-0.39, 0.29) is 18.2 Å². The first-order valence-corrected chi connectivity index (χ1v) is 10.6. The number of anilines is 1. The largest absolute Gasteiger partial charge is 0.489 e. The molecule has 0 unspecified atom stereocenters. The van der Waals surface area contributed by atoms with E-state index in [1.165, 1.54) is 0 Å². The van der Waals surface area contributed by atoms with Crippen molar-refractivity contribution in [1.29, 1.82) is 0 Å². The highest BCUT2D eigenvalue weighted by Crippen LogP contribution is 2.22. The average molecular weight is 502 g/mol. The van der Waals surface area contributed by atoms with Gasteiger partial charge in [-0.3, -0.25) is 9.48 Å². The van der Waals surface area contributed by atoms with E-state index in [1.54, 1.807) is 42.1 Å². The summed E-state index contributed by atoms with van der Waals surface area (Å²) in [6.07, 6.45) is 3.61. The van der Waals surface area contributed by atoms with Crippen LogP contribution in [0.2, 0.25) is 5.02 Å². The third-order valence-electron chi connectivity index (χ3n) is 4.51. The highest BCUT2D eigenvalue weighted by Gasteiger charge is 2.20. The van der Waals surface area contributed by atoms with Gasteiger partial charge in [-0.25, -0.2) is 0 Å². The SMILES string of the molecule is Cc1onc(C(=O)Nc2cccc(Cn3cc(Br)cn3)c2)c1COc1cccc(Cl)c1. The fourth-order valence-corrected chi connectivity index (χ4v) is 3.51. The summed E-state index contributed by atoms with van der Waals surface area (Å²) < 4.78 is 13.7. The van der Waals surface area contributed by atoms with Gasteiger partial charge in [-0.1, -0.05) is 35.0 Å². The molecule has 158 valence electrons. The number of rotatable bonds is 7. The minimum absolute atomic E-state index is 0.132. The number of benzene rings is 2. The Kier molecular flexibility index (Phi) is 6.39. The fourth-order valence-electron chi connectivity index (χ4n) is 3.00. The normalized spacial score (nSPS) is 10.8. The molecule has 31 heavy (non-hydrogen) atoms. The van der Waals surface area contributed by atoms with Crippen LogP contribution >= 0.6 is 27.5 Å². The number of nitrogens with one attached hydrogen (secondary N) is 1. The molecular weight excluding hydrogens is 484 g/mol. The van der Waals surface area contributed by atoms with E-state index in [1.807, 2.05) is 30.5 Å². The van der Waals surface area contributed by atoms with E-state index in [0.717, 1.165) is 10.0 Å². The Labute approximate surface area is 192 Å². The van der Waals surface area contributed by atoms with Crippen molar-refractivity contribution < 1.29 is 14.1 Å². The maximum atomic E-state index is 12.9. The first-order chi connectivity index (χ1) is 15.0. The Morgan fingerprint density at radius 2 is 2.10 bits per heavy atom. The van der Waals surface area contributed by atoms with Gasteiger partial charge in [0.05, 0.1) is 22.8 Å². The Morgan fingerprint density at radius 1 is 1.26 bits per heavy atom. The summed E-state index contributed by atoms with van der Waals surface area (Å²) in [5, 5.41) is 11.6. The second kappa shape index (κ2) is 9.36. The lowest BCUT2D eigenvalue weighted by molar-refractivity contribution is 0.101. The van der Waals surface area contributed by atoms with Gasteiger partial charge in [0.1, 0.15) is 18.1 Å². The Morgan fingerprint density at radius 3 is 2.87 bits per heavy atom. The number of hydrogen-bond acceptors (Lipinski definition) is 5. The molecule has 7 nitrogen and oxygen atoms in total. The Bertz CT molecular complexity index is 1220. The van der Waals surface area contributed by atoms with Gasteiger partial charge < -0.3 is 14.6 Å². The second-order valence-corrected chi connectivity index (χ2v) is 8.17. The number of halogens is 2. The molecule has 2 aromatic heterocycles. The lowest BCUT2D eigenvalue weighted by Crippen LogP contribution is -2.15. The van der Waals surface area contributed by atoms with Crippen molar-refractivity contribution in [2.45, 2.75) is 20.1 Å². The van der Waals surface area contributed by atoms with E-state index in [2.05, 4.69) is 31.5 Å². The molecule has 2 aromatic carbocycles. The number of ether oxygens (including phenoxy) is 1. The third-order valence-corrected chi connectivity index (χ3v) is 5.15. The number of amides is 1. The van der Waals surface area contributed by atoms with Crippen LogP contribution in [-0.2, 0) is 13.2 Å². The minimum atomic E-state index is -0.375. The molecule has 0 fully saturated rings. The molecule has 1 N–H and O–H groups in total. The van der Waals surface area contributed by atoms with Crippen molar-refractivity contribution in [2.75, 3.05) is 5.32 Å². The average Bonchev–Trinajstić information content (AvgIpc) is 3.31. The van der Waals surface area contributed by atoms with Crippen molar-refractivity contribution in [2.24, 2.45) is 0 Å². The van der Waals surface area contributed by atoms with E-state index in [9.17, 15) is 4.79 Å². The van der Waals surface area contributed by atoms with Crippen LogP contribution in [0, 0.1) is 6.92 Å². The van der Waals surface area contributed by atoms with Crippen LogP contribution in [0.25, 0.3) is 0 Å². The van der Waals surface area contributed by atoms with Crippen LogP contribution in [0.1, 0.15) is 27.4 Å². The molecule has 0 bridgehead atoms. The predicted octanol–water partition coefficient (Wildman–Crippen LogP) is 5.48. The summed E-state index contributed by atoms with van der Waals surface area (Å²) in [7, 11) is 0. The summed E-state index contributed by atoms with van der Waals surface area (Å²) in [4.78, 5) is 12.9. The molecule has 9 heteroatoms. The molecule has 0 aliphatic carbocycles. The van der Waals surface area contributed by atoms with Gasteiger partial charge in [0, 0.05) is 16.9 Å². The van der Waals surface area contributed by atoms with Crippen LogP contribution in [-0.4, -0.2) is 20.8 Å². The second-order valence-electron chi connectivity index (χ2n) is 6.82.